The minimum absolute atomic E-state index is 0.528. The van der Waals surface area contributed by atoms with E-state index in [9.17, 15) is 0 Å². The molecular weight excluding hydrogens is 253 g/mol. The van der Waals surface area contributed by atoms with Gasteiger partial charge in [-0.15, -0.1) is 0 Å². The first-order valence-electron chi connectivity index (χ1n) is 6.30. The molecule has 0 amide bonds. The summed E-state index contributed by atoms with van der Waals surface area (Å²) in [6, 6.07) is 4.40. The lowest BCUT2D eigenvalue weighted by molar-refractivity contribution is 0.349. The first kappa shape index (κ1) is 13.0. The Bertz CT molecular complexity index is 403. The average molecular weight is 272 g/mol. The number of aryl methyl sites for hydroxylation is 1. The fraction of sp³-hybridized carbons (Fsp3) is 0.571. The van der Waals surface area contributed by atoms with Gasteiger partial charge in [-0.1, -0.05) is 43.0 Å². The van der Waals surface area contributed by atoms with Crippen molar-refractivity contribution in [1.29, 1.82) is 0 Å². The largest absolute Gasteiger partial charge is 0.381 e. The van der Waals surface area contributed by atoms with Crippen LogP contribution >= 0.6 is 23.2 Å². The maximum absolute atomic E-state index is 6.25. The van der Waals surface area contributed by atoms with Gasteiger partial charge >= 0.3 is 0 Å². The molecule has 3 heteroatoms. The highest BCUT2D eigenvalue weighted by molar-refractivity contribution is 6.35. The molecule has 0 spiro atoms. The van der Waals surface area contributed by atoms with Gasteiger partial charge in [0.1, 0.15) is 0 Å². The van der Waals surface area contributed by atoms with Crippen LogP contribution in [-0.2, 0) is 0 Å². The van der Waals surface area contributed by atoms with E-state index < -0.39 is 0 Å². The predicted molar refractivity (Wildman–Crippen MR) is 76.2 cm³/mol. The van der Waals surface area contributed by atoms with Crippen molar-refractivity contribution in [2.45, 2.75) is 45.6 Å². The molecule has 1 N–H and O–H groups in total. The number of halogens is 2. The number of nitrogens with one attached hydrogen (secondary N) is 1. The second-order valence-electron chi connectivity index (χ2n) is 5.09. The fourth-order valence-corrected chi connectivity index (χ4v) is 2.92. The van der Waals surface area contributed by atoms with E-state index in [0.29, 0.717) is 12.0 Å². The van der Waals surface area contributed by atoms with Crippen molar-refractivity contribution < 1.29 is 0 Å². The number of anilines is 1. The number of rotatable bonds is 2. The quantitative estimate of drug-likeness (QED) is 0.771. The number of benzene rings is 1. The number of hydrogen-bond donors (Lipinski definition) is 1. The Morgan fingerprint density at radius 2 is 1.82 bits per heavy atom. The van der Waals surface area contributed by atoms with Gasteiger partial charge in [0.2, 0.25) is 0 Å². The van der Waals surface area contributed by atoms with E-state index in [-0.39, 0.29) is 0 Å². The molecule has 1 nitrogen and oxygen atoms in total. The highest BCUT2D eigenvalue weighted by Crippen LogP contribution is 2.32. The molecule has 0 saturated heterocycles. The summed E-state index contributed by atoms with van der Waals surface area (Å²) in [5, 5.41) is 5.10. The normalized spacial score (nSPS) is 24.7. The smallest absolute Gasteiger partial charge is 0.0641 e. The Hall–Kier alpha value is -0.400. The van der Waals surface area contributed by atoms with Crippen molar-refractivity contribution in [1.82, 2.24) is 0 Å². The van der Waals surface area contributed by atoms with E-state index in [1.165, 1.54) is 25.7 Å². The highest BCUT2D eigenvalue weighted by Gasteiger charge is 2.21. The predicted octanol–water partition coefficient (Wildman–Crippen LogP) is 5.29. The minimum Gasteiger partial charge on any atom is -0.381 e. The van der Waals surface area contributed by atoms with Crippen molar-refractivity contribution >= 4 is 28.9 Å². The number of hydrogen-bond acceptors (Lipinski definition) is 1. The molecule has 1 fully saturated rings. The van der Waals surface area contributed by atoms with Gasteiger partial charge in [0.15, 0.2) is 0 Å². The van der Waals surface area contributed by atoms with Crippen molar-refractivity contribution in [3.8, 4) is 0 Å². The highest BCUT2D eigenvalue weighted by atomic mass is 35.5. The second-order valence-corrected chi connectivity index (χ2v) is 5.91. The summed E-state index contributed by atoms with van der Waals surface area (Å²) in [4.78, 5) is 0. The van der Waals surface area contributed by atoms with Gasteiger partial charge < -0.3 is 5.32 Å². The topological polar surface area (TPSA) is 12.0 Å². The Morgan fingerprint density at radius 3 is 2.53 bits per heavy atom. The first-order chi connectivity index (χ1) is 8.08. The zero-order valence-corrected chi connectivity index (χ0v) is 11.9. The van der Waals surface area contributed by atoms with Crippen LogP contribution in [0, 0.1) is 12.8 Å². The summed E-state index contributed by atoms with van der Waals surface area (Å²) in [5.74, 6) is 0.708. The summed E-state index contributed by atoms with van der Waals surface area (Å²) in [6.07, 6.45) is 5.18. The third kappa shape index (κ3) is 3.08. The van der Waals surface area contributed by atoms with Crippen molar-refractivity contribution in [3.63, 3.8) is 0 Å². The maximum atomic E-state index is 6.25. The van der Waals surface area contributed by atoms with Gasteiger partial charge in [0, 0.05) is 11.1 Å². The molecule has 1 saturated carbocycles. The van der Waals surface area contributed by atoms with Crippen LogP contribution in [0.1, 0.15) is 38.2 Å². The van der Waals surface area contributed by atoms with Crippen LogP contribution in [0.15, 0.2) is 12.1 Å². The van der Waals surface area contributed by atoms with Gasteiger partial charge in [-0.3, -0.25) is 0 Å². The molecule has 0 radical (unpaired) electrons. The van der Waals surface area contributed by atoms with Crippen LogP contribution in [-0.4, -0.2) is 6.04 Å². The van der Waals surface area contributed by atoms with Gasteiger partial charge in [-0.2, -0.15) is 0 Å². The molecular formula is C14H19Cl2N. The Balaban J connectivity index is 2.15. The van der Waals surface area contributed by atoms with Gasteiger partial charge in [-0.25, -0.2) is 0 Å². The summed E-state index contributed by atoms with van der Waals surface area (Å²) >= 11 is 12.4. The van der Waals surface area contributed by atoms with Crippen LogP contribution in [0.3, 0.4) is 0 Å². The van der Waals surface area contributed by atoms with Crippen molar-refractivity contribution in [3.05, 3.63) is 27.7 Å². The van der Waals surface area contributed by atoms with E-state index in [2.05, 4.69) is 12.2 Å². The van der Waals surface area contributed by atoms with E-state index in [0.717, 1.165) is 21.3 Å². The molecule has 2 rings (SSSR count). The molecule has 1 aromatic carbocycles. The van der Waals surface area contributed by atoms with E-state index in [1.54, 1.807) is 0 Å². The third-order valence-electron chi connectivity index (χ3n) is 3.70. The molecule has 2 atom stereocenters. The summed E-state index contributed by atoms with van der Waals surface area (Å²) in [7, 11) is 0. The first-order valence-corrected chi connectivity index (χ1v) is 7.05. The molecule has 1 aliphatic carbocycles. The second kappa shape index (κ2) is 5.49. The van der Waals surface area contributed by atoms with E-state index >= 15 is 0 Å². The molecule has 0 heterocycles. The summed E-state index contributed by atoms with van der Waals surface area (Å²) < 4.78 is 0. The van der Waals surface area contributed by atoms with E-state index in [1.807, 2.05) is 19.1 Å². The fourth-order valence-electron chi connectivity index (χ4n) is 2.49. The molecule has 17 heavy (non-hydrogen) atoms. The lowest BCUT2D eigenvalue weighted by atomic mass is 9.86. The molecule has 0 aliphatic heterocycles. The molecule has 2 unspecified atom stereocenters. The van der Waals surface area contributed by atoms with Gasteiger partial charge in [0.05, 0.1) is 10.7 Å². The lowest BCUT2D eigenvalue weighted by Gasteiger charge is -2.30. The molecule has 94 valence electrons. The van der Waals surface area contributed by atoms with Crippen LogP contribution in [0.2, 0.25) is 10.0 Å². The van der Waals surface area contributed by atoms with Crippen LogP contribution in [0.25, 0.3) is 0 Å². The monoisotopic (exact) mass is 271 g/mol. The van der Waals surface area contributed by atoms with Crippen molar-refractivity contribution in [2.24, 2.45) is 5.92 Å². The Labute approximate surface area is 114 Å². The maximum Gasteiger partial charge on any atom is 0.0641 e. The van der Waals surface area contributed by atoms with Gasteiger partial charge in [-0.05, 0) is 43.4 Å². The third-order valence-corrected chi connectivity index (χ3v) is 4.42. The minimum atomic E-state index is 0.528. The molecule has 1 aliphatic rings. The average Bonchev–Trinajstić information content (AvgIpc) is 2.29. The SMILES string of the molecule is Cc1cc(Cl)c(NC2CCCCC2C)cc1Cl. The van der Waals surface area contributed by atoms with Gasteiger partial charge in [0.25, 0.3) is 0 Å². The Morgan fingerprint density at radius 1 is 1.12 bits per heavy atom. The zero-order valence-electron chi connectivity index (χ0n) is 10.4. The van der Waals surface area contributed by atoms with Crippen LogP contribution < -0.4 is 5.32 Å². The standard InChI is InChI=1S/C14H19Cl2N/c1-9-5-3-4-6-13(9)17-14-8-11(15)10(2)7-12(14)16/h7-9,13,17H,3-6H2,1-2H3. The Kier molecular flexibility index (Phi) is 4.22. The van der Waals surface area contributed by atoms with Crippen LogP contribution in [0.4, 0.5) is 5.69 Å². The molecule has 0 aromatic heterocycles. The summed E-state index contributed by atoms with van der Waals surface area (Å²) in [6.45, 7) is 4.28. The summed E-state index contributed by atoms with van der Waals surface area (Å²) in [5.41, 5.74) is 2.00. The lowest BCUT2D eigenvalue weighted by Crippen LogP contribution is -2.30. The molecule has 1 aromatic rings. The molecule has 0 bridgehead atoms. The van der Waals surface area contributed by atoms with Crippen molar-refractivity contribution in [2.75, 3.05) is 5.32 Å². The van der Waals surface area contributed by atoms with E-state index in [4.69, 9.17) is 23.2 Å². The van der Waals surface area contributed by atoms with Crippen LogP contribution in [0.5, 0.6) is 0 Å². The zero-order chi connectivity index (χ0) is 12.4.